The van der Waals surface area contributed by atoms with E-state index in [1.165, 1.54) is 9.13 Å². The number of methoxy groups -OCH3 is 1. The zero-order valence-corrected chi connectivity index (χ0v) is 15.7. The molecule has 0 amide bonds. The molecule has 124 valence electrons. The second kappa shape index (κ2) is 7.34. The Kier molecular flexibility index (Phi) is 5.18. The molecule has 24 heavy (non-hydrogen) atoms. The van der Waals surface area contributed by atoms with Crippen molar-refractivity contribution in [2.75, 3.05) is 7.11 Å². The van der Waals surface area contributed by atoms with Crippen molar-refractivity contribution in [1.29, 1.82) is 0 Å². The molecule has 0 radical (unpaired) electrons. The summed E-state index contributed by atoms with van der Waals surface area (Å²) in [7, 11) is 1.56. The first kappa shape index (κ1) is 17.0. The maximum atomic E-state index is 11.8. The van der Waals surface area contributed by atoms with Gasteiger partial charge in [-0.15, -0.1) is 0 Å². The Labute approximate surface area is 155 Å². The first-order valence-corrected chi connectivity index (χ1v) is 8.84. The molecule has 3 rings (SSSR count). The Morgan fingerprint density at radius 3 is 2.67 bits per heavy atom. The molecule has 0 aromatic heterocycles. The monoisotopic (exact) mass is 435 g/mol. The second-order valence-corrected chi connectivity index (χ2v) is 6.96. The molecule has 1 fully saturated rings. The first-order valence-electron chi connectivity index (χ1n) is 7.77. The van der Waals surface area contributed by atoms with E-state index in [-0.39, 0.29) is 11.9 Å². The summed E-state index contributed by atoms with van der Waals surface area (Å²) in [6, 6.07) is 11.5. The van der Waals surface area contributed by atoms with Crippen molar-refractivity contribution in [2.45, 2.75) is 19.8 Å². The quantitative estimate of drug-likeness (QED) is 0.297. The van der Waals surface area contributed by atoms with Crippen LogP contribution in [0.4, 0.5) is 5.69 Å². The standard InChI is InChI=1S/C19H18INO3/c1-12-9-15(6-7-16(12)20)21-11-13-3-8-17(18(10-13)23-2)24-19(22)14-4-5-14/h3,6-11,14H,4-5H2,1-2H3. The van der Waals surface area contributed by atoms with Crippen LogP contribution in [-0.4, -0.2) is 19.3 Å². The van der Waals surface area contributed by atoms with Gasteiger partial charge in [0.05, 0.1) is 18.7 Å². The van der Waals surface area contributed by atoms with Gasteiger partial charge in [-0.2, -0.15) is 0 Å². The van der Waals surface area contributed by atoms with Crippen LogP contribution in [0.25, 0.3) is 0 Å². The van der Waals surface area contributed by atoms with Crippen LogP contribution >= 0.6 is 22.6 Å². The molecule has 0 unspecified atom stereocenters. The normalized spacial score (nSPS) is 14.0. The lowest BCUT2D eigenvalue weighted by atomic mass is 10.2. The topological polar surface area (TPSA) is 47.9 Å². The van der Waals surface area contributed by atoms with Crippen molar-refractivity contribution in [2.24, 2.45) is 10.9 Å². The van der Waals surface area contributed by atoms with Crippen molar-refractivity contribution >= 4 is 40.5 Å². The Morgan fingerprint density at radius 2 is 2.00 bits per heavy atom. The third-order valence-corrected chi connectivity index (χ3v) is 5.02. The van der Waals surface area contributed by atoms with E-state index in [9.17, 15) is 4.79 Å². The Hall–Kier alpha value is -1.89. The molecule has 0 N–H and O–H groups in total. The minimum Gasteiger partial charge on any atom is -0.493 e. The highest BCUT2D eigenvalue weighted by Crippen LogP contribution is 2.34. The van der Waals surface area contributed by atoms with Crippen LogP contribution in [0.2, 0.25) is 0 Å². The number of aliphatic imine (C=N–C) groups is 1. The van der Waals surface area contributed by atoms with Crippen LogP contribution in [0.5, 0.6) is 11.5 Å². The minimum absolute atomic E-state index is 0.0556. The van der Waals surface area contributed by atoms with E-state index in [0.717, 1.165) is 24.1 Å². The average molecular weight is 435 g/mol. The fourth-order valence-corrected chi connectivity index (χ4v) is 2.55. The second-order valence-electron chi connectivity index (χ2n) is 5.80. The summed E-state index contributed by atoms with van der Waals surface area (Å²) in [4.78, 5) is 16.3. The predicted octanol–water partition coefficient (Wildman–Crippen LogP) is 4.67. The number of ether oxygens (including phenoxy) is 2. The van der Waals surface area contributed by atoms with Crippen molar-refractivity contribution in [3.8, 4) is 11.5 Å². The number of rotatable bonds is 5. The van der Waals surface area contributed by atoms with Crippen LogP contribution in [-0.2, 0) is 4.79 Å². The van der Waals surface area contributed by atoms with E-state index in [1.807, 2.05) is 30.3 Å². The van der Waals surface area contributed by atoms with Gasteiger partial charge in [0, 0.05) is 9.78 Å². The number of benzene rings is 2. The zero-order chi connectivity index (χ0) is 17.1. The average Bonchev–Trinajstić information content (AvgIpc) is 3.42. The van der Waals surface area contributed by atoms with Crippen molar-refractivity contribution < 1.29 is 14.3 Å². The van der Waals surface area contributed by atoms with Crippen LogP contribution in [0, 0.1) is 16.4 Å². The molecular formula is C19H18INO3. The van der Waals surface area contributed by atoms with E-state index in [1.54, 1.807) is 19.4 Å². The maximum absolute atomic E-state index is 11.8. The number of hydrogen-bond donors (Lipinski definition) is 0. The number of carbonyl (C=O) groups excluding carboxylic acids is 1. The van der Waals surface area contributed by atoms with Gasteiger partial charge in [0.1, 0.15) is 0 Å². The third kappa shape index (κ3) is 4.14. The SMILES string of the molecule is COc1cc(C=Nc2ccc(I)c(C)c2)ccc1OC(=O)C1CC1. The lowest BCUT2D eigenvalue weighted by Crippen LogP contribution is -2.10. The highest BCUT2D eigenvalue weighted by Gasteiger charge is 2.32. The summed E-state index contributed by atoms with van der Waals surface area (Å²) in [6.45, 7) is 2.06. The zero-order valence-electron chi connectivity index (χ0n) is 13.6. The molecule has 1 saturated carbocycles. The molecule has 0 spiro atoms. The number of halogens is 1. The van der Waals surface area contributed by atoms with Gasteiger partial charge in [0.2, 0.25) is 0 Å². The van der Waals surface area contributed by atoms with Crippen molar-refractivity contribution in [1.82, 2.24) is 0 Å². The molecule has 0 heterocycles. The first-order chi connectivity index (χ1) is 11.6. The van der Waals surface area contributed by atoms with Crippen molar-refractivity contribution in [3.05, 3.63) is 51.1 Å². The molecule has 2 aromatic carbocycles. The minimum atomic E-state index is -0.177. The highest BCUT2D eigenvalue weighted by atomic mass is 127. The van der Waals surface area contributed by atoms with E-state index < -0.39 is 0 Å². The summed E-state index contributed by atoms with van der Waals surface area (Å²) in [5.74, 6) is 0.868. The number of hydrogen-bond acceptors (Lipinski definition) is 4. The molecule has 4 nitrogen and oxygen atoms in total. The molecule has 0 saturated heterocycles. The van der Waals surface area contributed by atoms with Gasteiger partial charge in [-0.25, -0.2) is 0 Å². The summed E-state index contributed by atoms with van der Waals surface area (Å²) < 4.78 is 11.9. The number of esters is 1. The lowest BCUT2D eigenvalue weighted by Gasteiger charge is -2.09. The maximum Gasteiger partial charge on any atom is 0.314 e. The molecule has 5 heteroatoms. The van der Waals surface area contributed by atoms with Gasteiger partial charge in [-0.3, -0.25) is 9.79 Å². The van der Waals surface area contributed by atoms with Crippen LogP contribution in [0.1, 0.15) is 24.0 Å². The van der Waals surface area contributed by atoms with Crippen LogP contribution in [0.3, 0.4) is 0 Å². The summed E-state index contributed by atoms with van der Waals surface area (Å²) >= 11 is 2.30. The molecule has 1 aliphatic rings. The lowest BCUT2D eigenvalue weighted by molar-refractivity contribution is -0.135. The van der Waals surface area contributed by atoms with Crippen LogP contribution in [0.15, 0.2) is 41.4 Å². The fraction of sp³-hybridized carbons (Fsp3) is 0.263. The molecule has 0 aliphatic heterocycles. The Morgan fingerprint density at radius 1 is 1.21 bits per heavy atom. The number of aryl methyl sites for hydroxylation is 1. The predicted molar refractivity (Wildman–Crippen MR) is 103 cm³/mol. The van der Waals surface area contributed by atoms with E-state index in [0.29, 0.717) is 11.5 Å². The summed E-state index contributed by atoms with van der Waals surface area (Å²) in [5, 5.41) is 0. The number of carbonyl (C=O) groups is 1. The molecular weight excluding hydrogens is 417 g/mol. The number of nitrogens with zero attached hydrogens (tertiary/aromatic N) is 1. The van der Waals surface area contributed by atoms with Gasteiger partial charge in [0.15, 0.2) is 11.5 Å². The van der Waals surface area contributed by atoms with E-state index in [4.69, 9.17) is 9.47 Å². The Balaban J connectivity index is 1.77. The smallest absolute Gasteiger partial charge is 0.314 e. The largest absolute Gasteiger partial charge is 0.493 e. The molecule has 1 aliphatic carbocycles. The molecule has 2 aromatic rings. The summed E-state index contributed by atoms with van der Waals surface area (Å²) in [6.07, 6.45) is 3.61. The molecule has 0 atom stereocenters. The van der Waals surface area contributed by atoms with Gasteiger partial charge < -0.3 is 9.47 Å². The van der Waals surface area contributed by atoms with E-state index >= 15 is 0 Å². The summed E-state index contributed by atoms with van der Waals surface area (Å²) in [5.41, 5.74) is 2.98. The molecule has 0 bridgehead atoms. The van der Waals surface area contributed by atoms with Gasteiger partial charge in [0.25, 0.3) is 0 Å². The van der Waals surface area contributed by atoms with Gasteiger partial charge in [-0.1, -0.05) is 0 Å². The Bertz CT molecular complexity index is 797. The van der Waals surface area contributed by atoms with Gasteiger partial charge in [-0.05, 0) is 89.9 Å². The highest BCUT2D eigenvalue weighted by molar-refractivity contribution is 14.1. The van der Waals surface area contributed by atoms with E-state index in [2.05, 4.69) is 34.5 Å². The van der Waals surface area contributed by atoms with Crippen molar-refractivity contribution in [3.63, 3.8) is 0 Å². The third-order valence-electron chi connectivity index (χ3n) is 3.81. The van der Waals surface area contributed by atoms with Crippen LogP contribution < -0.4 is 9.47 Å². The van der Waals surface area contributed by atoms with Gasteiger partial charge >= 0.3 is 5.97 Å². The fourth-order valence-electron chi connectivity index (χ4n) is 2.22.